The Labute approximate surface area is 385 Å². The van der Waals surface area contributed by atoms with Gasteiger partial charge in [-0.1, -0.05) is 60.7 Å². The van der Waals surface area contributed by atoms with E-state index in [1.165, 1.54) is 0 Å². The Morgan fingerprint density at radius 1 is 0.597 bits per heavy atom. The number of carbonyl (C=O) groups is 1. The minimum atomic E-state index is -0.0211. The van der Waals surface area contributed by atoms with Crippen LogP contribution < -0.4 is 36.2 Å². The van der Waals surface area contributed by atoms with Gasteiger partial charge < -0.3 is 39.7 Å². The van der Waals surface area contributed by atoms with E-state index >= 15 is 0 Å². The number of carbonyl (C=O) groups excluding carboxylic acids is 1. The van der Waals surface area contributed by atoms with Gasteiger partial charge in [0.05, 0.1) is 38.3 Å². The maximum Gasteiger partial charge on any atom is 0.224 e. The Kier molecular flexibility index (Phi) is 11.5. The van der Waals surface area contributed by atoms with Crippen LogP contribution in [0.2, 0.25) is 0 Å². The zero-order valence-corrected chi connectivity index (χ0v) is 36.5. The first-order valence-corrected chi connectivity index (χ1v) is 22.0. The topological polar surface area (TPSA) is 155 Å². The van der Waals surface area contributed by atoms with Crippen molar-refractivity contribution in [2.75, 3.05) is 20.3 Å². The van der Waals surface area contributed by atoms with Crippen LogP contribution in [0.15, 0.2) is 164 Å². The van der Waals surface area contributed by atoms with Gasteiger partial charge in [0.1, 0.15) is 11.5 Å². The summed E-state index contributed by atoms with van der Waals surface area (Å²) < 4.78 is 11.7. The number of benzene rings is 4. The maximum absolute atomic E-state index is 12.4. The third-order valence-corrected chi connectivity index (χ3v) is 11.9. The molecule has 0 fully saturated rings. The molecule has 5 aromatic heterocycles. The Bertz CT molecular complexity index is 3570. The summed E-state index contributed by atoms with van der Waals surface area (Å²) in [6, 6.07) is 52.4. The summed E-state index contributed by atoms with van der Waals surface area (Å²) in [5.74, 6) is 1.46. The summed E-state index contributed by atoms with van der Waals surface area (Å²) in [4.78, 5) is 34.2. The number of nitrogens with one attached hydrogen (secondary N) is 6. The lowest BCUT2D eigenvalue weighted by atomic mass is 10.0. The van der Waals surface area contributed by atoms with Crippen LogP contribution in [0.4, 0.5) is 5.69 Å². The van der Waals surface area contributed by atoms with Gasteiger partial charge in [-0.05, 0) is 125 Å². The minimum Gasteiger partial charge on any atom is -0.497 e. The summed E-state index contributed by atoms with van der Waals surface area (Å²) in [5.41, 5.74) is 13.2. The van der Waals surface area contributed by atoms with Gasteiger partial charge in [0.25, 0.3) is 0 Å². The van der Waals surface area contributed by atoms with E-state index in [1.807, 2.05) is 91.3 Å². The highest BCUT2D eigenvalue weighted by Gasteiger charge is 2.19. The molecule has 0 saturated heterocycles. The Morgan fingerprint density at radius 3 is 1.49 bits per heavy atom. The van der Waals surface area contributed by atoms with E-state index in [2.05, 4.69) is 114 Å². The third kappa shape index (κ3) is 8.73. The van der Waals surface area contributed by atoms with Crippen LogP contribution >= 0.6 is 0 Å². The van der Waals surface area contributed by atoms with Crippen LogP contribution in [0.5, 0.6) is 11.5 Å². The molecule has 6 heterocycles. The third-order valence-electron chi connectivity index (χ3n) is 11.9. The van der Waals surface area contributed by atoms with Crippen molar-refractivity contribution >= 4 is 33.9 Å². The van der Waals surface area contributed by atoms with Crippen LogP contribution in [-0.4, -0.2) is 51.1 Å². The molecule has 0 saturated carbocycles. The molecule has 4 aromatic carbocycles. The zero-order chi connectivity index (χ0) is 45.7. The molecule has 1 aliphatic heterocycles. The molecule has 0 spiro atoms. The maximum atomic E-state index is 12.4. The van der Waals surface area contributed by atoms with Crippen molar-refractivity contribution in [2.45, 2.75) is 12.8 Å². The molecule has 0 aliphatic carbocycles. The van der Waals surface area contributed by atoms with Gasteiger partial charge in [0, 0.05) is 85.4 Å². The molecule has 67 heavy (non-hydrogen) atoms. The average Bonchev–Trinajstić information content (AvgIpc) is 4.24. The van der Waals surface area contributed by atoms with Crippen LogP contribution in [-0.2, 0) is 11.2 Å². The first-order valence-electron chi connectivity index (χ1n) is 22.0. The molecular formula is C56H44N8O3. The van der Waals surface area contributed by atoms with Gasteiger partial charge in [0.2, 0.25) is 5.91 Å². The molecule has 6 N–H and O–H groups in total. The number of amides is 1. The van der Waals surface area contributed by atoms with E-state index in [0.717, 1.165) is 106 Å². The first-order chi connectivity index (χ1) is 32.9. The van der Waals surface area contributed by atoms with Gasteiger partial charge in [0.15, 0.2) is 5.69 Å². The molecule has 0 radical (unpaired) electrons. The van der Waals surface area contributed by atoms with Gasteiger partial charge in [-0.3, -0.25) is 4.79 Å². The molecule has 10 rings (SSSR count). The number of rotatable bonds is 12. The number of aromatic amines is 5. The SMILES string of the molecule is [C-]#[N+]c1ccc(C2=c3ccc([nH]3)=C(c3ccc(OCCCNC(=O)Cc4cc[nH]c4)cc3)c3ccc([nH]3)C(c3ccc(C#N)cc3)=c3ccc([nH]3)=C(c3ccc(OC)cc3)c3ccc2[nH]3)cc1. The summed E-state index contributed by atoms with van der Waals surface area (Å²) in [5, 5.41) is 16.2. The molecular weight excluding hydrogens is 833 g/mol. The molecule has 1 amide bonds. The van der Waals surface area contributed by atoms with Crippen molar-refractivity contribution in [3.8, 4) is 17.6 Å². The largest absolute Gasteiger partial charge is 0.497 e. The minimum absolute atomic E-state index is 0.0211. The molecule has 9 aromatic rings. The van der Waals surface area contributed by atoms with E-state index in [9.17, 15) is 10.1 Å². The summed E-state index contributed by atoms with van der Waals surface area (Å²) in [6.07, 6.45) is 4.64. The second-order valence-corrected chi connectivity index (χ2v) is 16.2. The molecule has 326 valence electrons. The lowest BCUT2D eigenvalue weighted by Crippen LogP contribution is -2.26. The normalized spacial score (nSPS) is 12.1. The van der Waals surface area contributed by atoms with Crippen molar-refractivity contribution in [1.29, 1.82) is 5.26 Å². The van der Waals surface area contributed by atoms with Gasteiger partial charge in [-0.25, -0.2) is 4.85 Å². The second-order valence-electron chi connectivity index (χ2n) is 16.2. The molecule has 1 aliphatic rings. The number of fused-ring (bicyclic) bond motifs is 8. The quantitative estimate of drug-likeness (QED) is 0.0569. The highest BCUT2D eigenvalue weighted by atomic mass is 16.5. The van der Waals surface area contributed by atoms with Crippen molar-refractivity contribution in [3.63, 3.8) is 0 Å². The molecule has 8 bridgehead atoms. The molecule has 11 nitrogen and oxygen atoms in total. The highest BCUT2D eigenvalue weighted by molar-refractivity contribution is 5.85. The Balaban J connectivity index is 1.12. The number of methoxy groups -OCH3 is 1. The zero-order valence-electron chi connectivity index (χ0n) is 36.5. The monoisotopic (exact) mass is 876 g/mol. The van der Waals surface area contributed by atoms with E-state index in [1.54, 1.807) is 7.11 Å². The number of H-pyrrole nitrogens is 5. The van der Waals surface area contributed by atoms with E-state index in [-0.39, 0.29) is 5.91 Å². The fraction of sp³-hybridized carbons (Fsp3) is 0.0893. The Hall–Kier alpha value is -9.19. The molecule has 0 unspecified atom stereocenters. The standard InChI is InChI=1S/C56H44N8O3/c1-58-41-14-8-38(9-15-41)54-46-22-26-49(63-46)55(39-10-16-42(66-2)17-11-39)48-24-20-44(61-48)53(37-6-4-35(33-57)5-7-37)45-21-25-50(62-45)56(51-27-23-47(54)64-51)40-12-18-43(19-13-40)67-31-3-29-60-52(65)32-36-28-30-59-34-36/h4-28,30,34,59,61-64H,3,29,31-32H2,2H3,(H,60,65). The summed E-state index contributed by atoms with van der Waals surface area (Å²) in [6.45, 7) is 8.60. The second kappa shape index (κ2) is 18.5. The van der Waals surface area contributed by atoms with Crippen LogP contribution in [0.1, 0.15) is 62.6 Å². The summed E-state index contributed by atoms with van der Waals surface area (Å²) in [7, 11) is 1.66. The average molecular weight is 877 g/mol. The van der Waals surface area contributed by atoms with Gasteiger partial charge >= 0.3 is 0 Å². The predicted molar refractivity (Wildman–Crippen MR) is 259 cm³/mol. The van der Waals surface area contributed by atoms with Gasteiger partial charge in [-0.2, -0.15) is 5.26 Å². The number of hydrogen-bond acceptors (Lipinski definition) is 4. The molecule has 0 atom stereocenters. The lowest BCUT2D eigenvalue weighted by Gasteiger charge is -2.11. The van der Waals surface area contributed by atoms with Crippen molar-refractivity contribution < 1.29 is 14.3 Å². The fourth-order valence-electron chi connectivity index (χ4n) is 8.67. The number of ether oxygens (including phenoxy) is 2. The van der Waals surface area contributed by atoms with E-state index in [0.29, 0.717) is 37.2 Å². The highest BCUT2D eigenvalue weighted by Crippen LogP contribution is 2.30. The molecule has 11 heteroatoms. The van der Waals surface area contributed by atoms with Crippen LogP contribution in [0, 0.1) is 17.9 Å². The van der Waals surface area contributed by atoms with Crippen LogP contribution in [0.3, 0.4) is 0 Å². The predicted octanol–water partition coefficient (Wildman–Crippen LogP) is 7.19. The number of hydrogen-bond donors (Lipinski definition) is 6. The smallest absolute Gasteiger partial charge is 0.224 e. The van der Waals surface area contributed by atoms with Crippen molar-refractivity contribution in [2.24, 2.45) is 0 Å². The fourth-order valence-corrected chi connectivity index (χ4v) is 8.67. The van der Waals surface area contributed by atoms with Crippen molar-refractivity contribution in [1.82, 2.24) is 30.2 Å². The van der Waals surface area contributed by atoms with Gasteiger partial charge in [-0.15, -0.1) is 0 Å². The van der Waals surface area contributed by atoms with E-state index in [4.69, 9.17) is 16.0 Å². The van der Waals surface area contributed by atoms with E-state index < -0.39 is 0 Å². The first kappa shape index (κ1) is 41.8. The Morgan fingerprint density at radius 2 is 1.06 bits per heavy atom. The van der Waals surface area contributed by atoms with Crippen molar-refractivity contribution in [3.05, 3.63) is 253 Å². The number of nitriles is 1. The number of aromatic nitrogens is 5. The number of nitrogens with zero attached hydrogens (tertiary/aromatic N) is 2. The lowest BCUT2D eigenvalue weighted by molar-refractivity contribution is -0.120. The summed E-state index contributed by atoms with van der Waals surface area (Å²) >= 11 is 0. The van der Waals surface area contributed by atoms with Crippen LogP contribution in [0.25, 0.3) is 27.1 Å².